The molecule has 1 aliphatic heterocycles. The second-order valence-corrected chi connectivity index (χ2v) is 7.33. The summed E-state index contributed by atoms with van der Waals surface area (Å²) in [7, 11) is 1.62. The van der Waals surface area contributed by atoms with Crippen molar-refractivity contribution in [1.82, 2.24) is 14.7 Å². The van der Waals surface area contributed by atoms with Gasteiger partial charge in [-0.3, -0.25) is 4.68 Å². The molecule has 0 aromatic carbocycles. The van der Waals surface area contributed by atoms with Crippen LogP contribution in [0.1, 0.15) is 39.7 Å². The maximum atomic E-state index is 12.0. The van der Waals surface area contributed by atoms with Gasteiger partial charge in [0.1, 0.15) is 5.60 Å². The van der Waals surface area contributed by atoms with Crippen LogP contribution in [0.4, 0.5) is 4.79 Å². The van der Waals surface area contributed by atoms with Crippen molar-refractivity contribution in [2.45, 2.75) is 45.3 Å². The van der Waals surface area contributed by atoms with Crippen molar-refractivity contribution in [2.24, 2.45) is 0 Å². The van der Waals surface area contributed by atoms with Crippen molar-refractivity contribution in [3.05, 3.63) is 9.77 Å². The number of rotatable bonds is 2. The highest BCUT2D eigenvalue weighted by molar-refractivity contribution is 14.1. The Morgan fingerprint density at radius 2 is 2.00 bits per heavy atom. The van der Waals surface area contributed by atoms with Crippen molar-refractivity contribution in [2.75, 3.05) is 20.2 Å². The molecule has 1 saturated heterocycles. The van der Waals surface area contributed by atoms with Gasteiger partial charge in [-0.15, -0.1) is 5.10 Å². The molecule has 0 N–H and O–H groups in total. The molecule has 118 valence electrons. The van der Waals surface area contributed by atoms with Crippen molar-refractivity contribution in [3.8, 4) is 5.88 Å². The van der Waals surface area contributed by atoms with Crippen LogP contribution in [0.3, 0.4) is 0 Å². The predicted molar refractivity (Wildman–Crippen MR) is 87.6 cm³/mol. The summed E-state index contributed by atoms with van der Waals surface area (Å²) < 4.78 is 13.6. The summed E-state index contributed by atoms with van der Waals surface area (Å²) in [5.41, 5.74) is -0.445. The monoisotopic (exact) mass is 407 g/mol. The first kappa shape index (κ1) is 16.4. The minimum atomic E-state index is -0.445. The van der Waals surface area contributed by atoms with Crippen LogP contribution in [-0.2, 0) is 4.74 Å². The first-order chi connectivity index (χ1) is 9.80. The molecule has 0 atom stereocenters. The van der Waals surface area contributed by atoms with E-state index in [9.17, 15) is 4.79 Å². The molecule has 1 aliphatic rings. The Labute approximate surface area is 138 Å². The molecule has 2 heterocycles. The third-order valence-electron chi connectivity index (χ3n) is 3.34. The van der Waals surface area contributed by atoms with Gasteiger partial charge < -0.3 is 14.4 Å². The third-order valence-corrected chi connectivity index (χ3v) is 4.08. The molecule has 1 amide bonds. The van der Waals surface area contributed by atoms with Crippen molar-refractivity contribution in [1.29, 1.82) is 0 Å². The lowest BCUT2D eigenvalue weighted by atomic mass is 10.1. The maximum Gasteiger partial charge on any atom is 0.410 e. The van der Waals surface area contributed by atoms with E-state index in [1.807, 2.05) is 31.6 Å². The van der Waals surface area contributed by atoms with Gasteiger partial charge in [0.2, 0.25) is 5.88 Å². The Kier molecular flexibility index (Phi) is 5.00. The zero-order valence-corrected chi connectivity index (χ0v) is 15.1. The molecule has 1 fully saturated rings. The van der Waals surface area contributed by atoms with Crippen LogP contribution in [0.2, 0.25) is 0 Å². The number of nitrogens with zero attached hydrogens (tertiary/aromatic N) is 3. The molecule has 1 aromatic rings. The maximum absolute atomic E-state index is 12.0. The molecule has 1 aromatic heterocycles. The normalized spacial score (nSPS) is 16.9. The molecule has 21 heavy (non-hydrogen) atoms. The average Bonchev–Trinajstić information content (AvgIpc) is 2.78. The fraction of sp³-hybridized carbons (Fsp3) is 0.714. The zero-order chi connectivity index (χ0) is 15.6. The van der Waals surface area contributed by atoms with Crippen LogP contribution >= 0.6 is 22.6 Å². The number of likely N-dealkylation sites (tertiary alicyclic amines) is 1. The number of aromatic nitrogens is 2. The van der Waals surface area contributed by atoms with Gasteiger partial charge >= 0.3 is 6.09 Å². The number of hydrogen-bond donors (Lipinski definition) is 0. The lowest BCUT2D eigenvalue weighted by molar-refractivity contribution is 0.0184. The van der Waals surface area contributed by atoms with E-state index in [0.29, 0.717) is 25.0 Å². The Morgan fingerprint density at radius 3 is 2.48 bits per heavy atom. The van der Waals surface area contributed by atoms with Gasteiger partial charge in [-0.2, -0.15) is 0 Å². The van der Waals surface area contributed by atoms with E-state index >= 15 is 0 Å². The number of methoxy groups -OCH3 is 1. The van der Waals surface area contributed by atoms with E-state index in [-0.39, 0.29) is 6.09 Å². The lowest BCUT2D eigenvalue weighted by Gasteiger charge is -2.33. The van der Waals surface area contributed by atoms with Gasteiger partial charge in [0.25, 0.3) is 0 Å². The number of hydrogen-bond acceptors (Lipinski definition) is 4. The number of amides is 1. The minimum absolute atomic E-state index is 0.228. The summed E-state index contributed by atoms with van der Waals surface area (Å²) in [6.45, 7) is 7.04. The van der Waals surface area contributed by atoms with E-state index in [1.165, 1.54) is 0 Å². The summed E-state index contributed by atoms with van der Waals surface area (Å²) in [5.74, 6) is 0.658. The summed E-state index contributed by atoms with van der Waals surface area (Å²) >= 11 is 2.21. The van der Waals surface area contributed by atoms with Crippen LogP contribution in [0.5, 0.6) is 5.88 Å². The molecule has 7 heteroatoms. The third kappa shape index (κ3) is 4.24. The molecule has 0 unspecified atom stereocenters. The van der Waals surface area contributed by atoms with E-state index < -0.39 is 5.60 Å². The number of carbonyl (C=O) groups excluding carboxylic acids is 1. The molecule has 6 nitrogen and oxygen atoms in total. The van der Waals surface area contributed by atoms with Gasteiger partial charge in [0.05, 0.1) is 16.7 Å². The molecule has 0 radical (unpaired) electrons. The highest BCUT2D eigenvalue weighted by atomic mass is 127. The molecule has 0 bridgehead atoms. The van der Waals surface area contributed by atoms with Crippen molar-refractivity contribution < 1.29 is 14.3 Å². The zero-order valence-electron chi connectivity index (χ0n) is 12.9. The smallest absolute Gasteiger partial charge is 0.410 e. The standard InChI is InChI=1S/C14H22IN3O3/c1-14(2,3)21-13(19)17-7-5-10(6-8-17)18-9-11(15)12(16-18)20-4/h9-10H,5-8H2,1-4H3. The average molecular weight is 407 g/mol. The second kappa shape index (κ2) is 6.41. The van der Waals surface area contributed by atoms with E-state index in [4.69, 9.17) is 9.47 Å². The second-order valence-electron chi connectivity index (χ2n) is 6.16. The number of carbonyl (C=O) groups is 1. The number of ether oxygens (including phenoxy) is 2. The molecule has 2 rings (SSSR count). The first-order valence-corrected chi connectivity index (χ1v) is 8.14. The Hall–Kier alpha value is -0.990. The minimum Gasteiger partial charge on any atom is -0.479 e. The molecular formula is C14H22IN3O3. The molecule has 0 spiro atoms. The highest BCUT2D eigenvalue weighted by Crippen LogP contribution is 2.27. The fourth-order valence-corrected chi connectivity index (χ4v) is 2.93. The summed E-state index contributed by atoms with van der Waals surface area (Å²) in [4.78, 5) is 13.8. The van der Waals surface area contributed by atoms with E-state index in [0.717, 1.165) is 16.4 Å². The van der Waals surface area contributed by atoms with E-state index in [2.05, 4.69) is 27.7 Å². The van der Waals surface area contributed by atoms with Crippen molar-refractivity contribution >= 4 is 28.7 Å². The van der Waals surface area contributed by atoms with Gasteiger partial charge in [0.15, 0.2) is 0 Å². The molecular weight excluding hydrogens is 385 g/mol. The molecule has 0 aliphatic carbocycles. The van der Waals surface area contributed by atoms with Crippen LogP contribution < -0.4 is 4.74 Å². The van der Waals surface area contributed by atoms with Gasteiger partial charge in [-0.25, -0.2) is 4.79 Å². The fourth-order valence-electron chi connectivity index (χ4n) is 2.32. The van der Waals surface area contributed by atoms with Gasteiger partial charge in [-0.1, -0.05) is 0 Å². The number of halogens is 1. The molecule has 0 saturated carbocycles. The topological polar surface area (TPSA) is 56.6 Å². The van der Waals surface area contributed by atoms with Gasteiger partial charge in [0, 0.05) is 19.3 Å². The van der Waals surface area contributed by atoms with Crippen LogP contribution in [-0.4, -0.2) is 46.6 Å². The van der Waals surface area contributed by atoms with Crippen LogP contribution in [0, 0.1) is 3.57 Å². The SMILES string of the molecule is COc1nn(C2CCN(C(=O)OC(C)(C)C)CC2)cc1I. The Balaban J connectivity index is 1.92. The van der Waals surface area contributed by atoms with Crippen LogP contribution in [0.15, 0.2) is 6.20 Å². The predicted octanol–water partition coefficient (Wildman–Crippen LogP) is 3.07. The van der Waals surface area contributed by atoms with Crippen LogP contribution in [0.25, 0.3) is 0 Å². The number of piperidine rings is 1. The van der Waals surface area contributed by atoms with E-state index in [1.54, 1.807) is 12.0 Å². The van der Waals surface area contributed by atoms with Gasteiger partial charge in [-0.05, 0) is 56.2 Å². The Morgan fingerprint density at radius 1 is 1.38 bits per heavy atom. The summed E-state index contributed by atoms with van der Waals surface area (Å²) in [6.07, 6.45) is 3.52. The Bertz CT molecular complexity index is 502. The lowest BCUT2D eigenvalue weighted by Crippen LogP contribution is -2.42. The first-order valence-electron chi connectivity index (χ1n) is 7.06. The summed E-state index contributed by atoms with van der Waals surface area (Å²) in [5, 5.41) is 4.43. The summed E-state index contributed by atoms with van der Waals surface area (Å²) in [6, 6.07) is 0.307. The quantitative estimate of drug-likeness (QED) is 0.708. The van der Waals surface area contributed by atoms with Crippen molar-refractivity contribution in [3.63, 3.8) is 0 Å². The highest BCUT2D eigenvalue weighted by Gasteiger charge is 2.28. The largest absolute Gasteiger partial charge is 0.479 e.